The van der Waals surface area contributed by atoms with Crippen LogP contribution in [0.2, 0.25) is 0 Å². The molecule has 6 nitrogen and oxygen atoms in total. The van der Waals surface area contributed by atoms with E-state index in [4.69, 9.17) is 4.52 Å². The molecule has 1 fully saturated rings. The summed E-state index contributed by atoms with van der Waals surface area (Å²) in [4.78, 5) is 15.6. The van der Waals surface area contributed by atoms with Crippen LogP contribution >= 0.6 is 0 Å². The summed E-state index contributed by atoms with van der Waals surface area (Å²) in [6, 6.07) is 7.95. The summed E-state index contributed by atoms with van der Waals surface area (Å²) in [7, 11) is 1.37. The third-order valence-corrected chi connectivity index (χ3v) is 4.32. The SMILES string of the molecule is COC(=O)/C=C/c1cccc(NCCCCCc2nc(C3CC3)no2)c1. The number of aryl methyl sites for hydroxylation is 1. The average molecular weight is 355 g/mol. The zero-order valence-corrected chi connectivity index (χ0v) is 15.1. The Balaban J connectivity index is 1.32. The largest absolute Gasteiger partial charge is 0.466 e. The molecule has 0 saturated heterocycles. The van der Waals surface area contributed by atoms with E-state index < -0.39 is 0 Å². The Hall–Kier alpha value is -2.63. The highest BCUT2D eigenvalue weighted by molar-refractivity contribution is 5.87. The van der Waals surface area contributed by atoms with E-state index in [2.05, 4.69) is 20.2 Å². The van der Waals surface area contributed by atoms with Crippen molar-refractivity contribution in [1.29, 1.82) is 0 Å². The maximum Gasteiger partial charge on any atom is 0.330 e. The maximum atomic E-state index is 11.1. The quantitative estimate of drug-likeness (QED) is 0.395. The molecule has 1 N–H and O–H groups in total. The Morgan fingerprint density at radius 3 is 3.04 bits per heavy atom. The minimum Gasteiger partial charge on any atom is -0.466 e. The summed E-state index contributed by atoms with van der Waals surface area (Å²) in [5, 5.41) is 7.45. The number of unbranched alkanes of at least 4 members (excludes halogenated alkanes) is 2. The lowest BCUT2D eigenvalue weighted by Gasteiger charge is -2.07. The summed E-state index contributed by atoms with van der Waals surface area (Å²) < 4.78 is 9.88. The van der Waals surface area contributed by atoms with Crippen LogP contribution in [0.15, 0.2) is 34.9 Å². The molecule has 6 heteroatoms. The topological polar surface area (TPSA) is 77.2 Å². The molecule has 0 bridgehead atoms. The van der Waals surface area contributed by atoms with Crippen LogP contribution in [-0.4, -0.2) is 29.8 Å². The lowest BCUT2D eigenvalue weighted by molar-refractivity contribution is -0.134. The van der Waals surface area contributed by atoms with Crippen molar-refractivity contribution in [1.82, 2.24) is 10.1 Å². The van der Waals surface area contributed by atoms with Crippen LogP contribution in [0.25, 0.3) is 6.08 Å². The Bertz CT molecular complexity index is 750. The molecule has 0 amide bonds. The normalized spacial score (nSPS) is 13.9. The van der Waals surface area contributed by atoms with E-state index in [9.17, 15) is 4.79 Å². The standard InChI is InChI=1S/C20H25N3O3/c1-25-19(24)12-9-15-6-5-7-17(14-15)21-13-4-2-3-8-18-22-20(23-26-18)16-10-11-16/h5-7,9,12,14,16,21H,2-4,8,10-11,13H2,1H3/b12-9+. The predicted octanol–water partition coefficient (Wildman–Crippen LogP) is 3.96. The molecule has 3 rings (SSSR count). The summed E-state index contributed by atoms with van der Waals surface area (Å²) in [6.07, 6.45) is 9.66. The fourth-order valence-corrected chi connectivity index (χ4v) is 2.67. The van der Waals surface area contributed by atoms with Crippen LogP contribution in [0.5, 0.6) is 0 Å². The molecular weight excluding hydrogens is 330 g/mol. The summed E-state index contributed by atoms with van der Waals surface area (Å²) in [5.41, 5.74) is 2.01. The summed E-state index contributed by atoms with van der Waals surface area (Å²) >= 11 is 0. The molecule has 26 heavy (non-hydrogen) atoms. The molecule has 1 aliphatic carbocycles. The second-order valence-corrected chi connectivity index (χ2v) is 6.54. The number of nitrogens with one attached hydrogen (secondary N) is 1. The van der Waals surface area contributed by atoms with E-state index in [1.165, 1.54) is 26.0 Å². The minimum atomic E-state index is -0.353. The van der Waals surface area contributed by atoms with Gasteiger partial charge in [-0.1, -0.05) is 23.7 Å². The van der Waals surface area contributed by atoms with Gasteiger partial charge in [0.1, 0.15) is 0 Å². The van der Waals surface area contributed by atoms with Crippen molar-refractivity contribution >= 4 is 17.7 Å². The summed E-state index contributed by atoms with van der Waals surface area (Å²) in [6.45, 7) is 0.904. The van der Waals surface area contributed by atoms with Gasteiger partial charge in [0.2, 0.25) is 5.89 Å². The Morgan fingerprint density at radius 1 is 1.35 bits per heavy atom. The molecule has 0 spiro atoms. The van der Waals surface area contributed by atoms with Crippen LogP contribution in [0.1, 0.15) is 55.3 Å². The van der Waals surface area contributed by atoms with Crippen molar-refractivity contribution in [3.8, 4) is 0 Å². The fraction of sp³-hybridized carbons (Fsp3) is 0.450. The summed E-state index contributed by atoms with van der Waals surface area (Å²) in [5.74, 6) is 1.86. The predicted molar refractivity (Wildman–Crippen MR) is 99.8 cm³/mol. The lowest BCUT2D eigenvalue weighted by Crippen LogP contribution is -2.01. The van der Waals surface area contributed by atoms with Crippen molar-refractivity contribution < 1.29 is 14.1 Å². The number of carbonyl (C=O) groups is 1. The molecule has 0 atom stereocenters. The Morgan fingerprint density at radius 2 is 2.23 bits per heavy atom. The molecule has 1 aromatic carbocycles. The first-order chi connectivity index (χ1) is 12.7. The van der Waals surface area contributed by atoms with Crippen LogP contribution in [-0.2, 0) is 16.0 Å². The van der Waals surface area contributed by atoms with Gasteiger partial charge in [0.05, 0.1) is 7.11 Å². The number of ether oxygens (including phenoxy) is 1. The van der Waals surface area contributed by atoms with Gasteiger partial charge in [0, 0.05) is 30.6 Å². The number of nitrogens with zero attached hydrogens (tertiary/aromatic N) is 2. The number of methoxy groups -OCH3 is 1. The van der Waals surface area contributed by atoms with Crippen LogP contribution in [0.3, 0.4) is 0 Å². The first kappa shape index (κ1) is 18.2. The van der Waals surface area contributed by atoms with E-state index >= 15 is 0 Å². The molecular formula is C20H25N3O3. The highest BCUT2D eigenvalue weighted by Crippen LogP contribution is 2.38. The van der Waals surface area contributed by atoms with Gasteiger partial charge in [-0.25, -0.2) is 4.79 Å². The van der Waals surface area contributed by atoms with Gasteiger partial charge in [-0.2, -0.15) is 4.98 Å². The molecule has 2 aromatic rings. The number of hydrogen-bond donors (Lipinski definition) is 1. The number of hydrogen-bond acceptors (Lipinski definition) is 6. The molecule has 1 aliphatic rings. The van der Waals surface area contributed by atoms with Gasteiger partial charge in [-0.15, -0.1) is 0 Å². The molecule has 0 radical (unpaired) electrons. The molecule has 0 aliphatic heterocycles. The van der Waals surface area contributed by atoms with Crippen molar-refractivity contribution in [3.63, 3.8) is 0 Å². The Labute approximate surface area is 153 Å². The molecule has 1 aromatic heterocycles. The van der Waals surface area contributed by atoms with Crippen molar-refractivity contribution in [2.75, 3.05) is 19.0 Å². The number of anilines is 1. The number of carbonyl (C=O) groups excluding carboxylic acids is 1. The van der Waals surface area contributed by atoms with Gasteiger partial charge in [-0.3, -0.25) is 0 Å². The number of benzene rings is 1. The monoisotopic (exact) mass is 355 g/mol. The number of esters is 1. The van der Waals surface area contributed by atoms with Gasteiger partial charge in [0.25, 0.3) is 0 Å². The van der Waals surface area contributed by atoms with Crippen molar-refractivity contribution in [2.24, 2.45) is 0 Å². The van der Waals surface area contributed by atoms with E-state index in [1.807, 2.05) is 24.3 Å². The second kappa shape index (κ2) is 9.17. The molecule has 1 saturated carbocycles. The van der Waals surface area contributed by atoms with Gasteiger partial charge in [-0.05, 0) is 49.5 Å². The molecule has 138 valence electrons. The lowest BCUT2D eigenvalue weighted by atomic mass is 10.1. The molecule has 1 heterocycles. The number of aromatic nitrogens is 2. The van der Waals surface area contributed by atoms with Crippen LogP contribution < -0.4 is 5.32 Å². The van der Waals surface area contributed by atoms with E-state index in [0.29, 0.717) is 5.92 Å². The van der Waals surface area contributed by atoms with E-state index in [-0.39, 0.29) is 5.97 Å². The van der Waals surface area contributed by atoms with Crippen molar-refractivity contribution in [2.45, 2.75) is 44.4 Å². The van der Waals surface area contributed by atoms with Gasteiger partial charge >= 0.3 is 5.97 Å². The third-order valence-electron chi connectivity index (χ3n) is 4.32. The average Bonchev–Trinajstić information content (AvgIpc) is 3.41. The van der Waals surface area contributed by atoms with Crippen LogP contribution in [0, 0.1) is 0 Å². The zero-order chi connectivity index (χ0) is 18.2. The van der Waals surface area contributed by atoms with E-state index in [1.54, 1.807) is 6.08 Å². The first-order valence-electron chi connectivity index (χ1n) is 9.17. The third kappa shape index (κ3) is 5.72. The second-order valence-electron chi connectivity index (χ2n) is 6.54. The first-order valence-corrected chi connectivity index (χ1v) is 9.17. The Kier molecular flexibility index (Phi) is 6.41. The minimum absolute atomic E-state index is 0.353. The van der Waals surface area contributed by atoms with Crippen LogP contribution in [0.4, 0.5) is 5.69 Å². The highest BCUT2D eigenvalue weighted by Gasteiger charge is 2.28. The maximum absolute atomic E-state index is 11.1. The molecule has 0 unspecified atom stereocenters. The zero-order valence-electron chi connectivity index (χ0n) is 15.1. The highest BCUT2D eigenvalue weighted by atomic mass is 16.5. The van der Waals surface area contributed by atoms with Crippen molar-refractivity contribution in [3.05, 3.63) is 47.6 Å². The number of rotatable bonds is 10. The van der Waals surface area contributed by atoms with Gasteiger partial charge < -0.3 is 14.6 Å². The van der Waals surface area contributed by atoms with Gasteiger partial charge in [0.15, 0.2) is 5.82 Å². The smallest absolute Gasteiger partial charge is 0.330 e. The van der Waals surface area contributed by atoms with E-state index in [0.717, 1.165) is 55.2 Å². The fourth-order valence-electron chi connectivity index (χ4n) is 2.67.